The molecule has 0 saturated heterocycles. The summed E-state index contributed by atoms with van der Waals surface area (Å²) in [6.07, 6.45) is 0.477. The van der Waals surface area contributed by atoms with E-state index >= 15 is 0 Å². The molecule has 0 saturated carbocycles. The molecule has 1 aromatic rings. The van der Waals surface area contributed by atoms with Crippen LogP contribution < -0.4 is 10.6 Å². The highest BCUT2D eigenvalue weighted by molar-refractivity contribution is 5.47. The molecule has 1 rings (SSSR count). The third-order valence-corrected chi connectivity index (χ3v) is 2.73. The number of aliphatic hydroxyl groups is 1. The van der Waals surface area contributed by atoms with Crippen LogP contribution in [-0.4, -0.2) is 29.8 Å². The van der Waals surface area contributed by atoms with E-state index in [0.29, 0.717) is 6.42 Å². The molecule has 0 bridgehead atoms. The lowest BCUT2D eigenvalue weighted by atomic mass is 10.0. The van der Waals surface area contributed by atoms with Crippen molar-refractivity contribution < 1.29 is 13.9 Å². The van der Waals surface area contributed by atoms with E-state index in [-0.39, 0.29) is 30.2 Å². The Morgan fingerprint density at radius 3 is 2.39 bits per heavy atom. The summed E-state index contributed by atoms with van der Waals surface area (Å²) in [5, 5.41) is 14.4. The van der Waals surface area contributed by atoms with Crippen LogP contribution in [0.4, 0.5) is 20.4 Å². The maximum absolute atomic E-state index is 13.6. The van der Waals surface area contributed by atoms with Gasteiger partial charge in [-0.25, -0.2) is 13.8 Å². The van der Waals surface area contributed by atoms with Crippen LogP contribution in [0.25, 0.3) is 0 Å². The summed E-state index contributed by atoms with van der Waals surface area (Å²) >= 11 is 0. The molecule has 0 radical (unpaired) electrons. The van der Waals surface area contributed by atoms with Crippen molar-refractivity contribution in [1.29, 1.82) is 0 Å². The van der Waals surface area contributed by atoms with Crippen molar-refractivity contribution in [1.82, 2.24) is 4.98 Å². The number of pyridine rings is 1. The Morgan fingerprint density at radius 1 is 1.28 bits per heavy atom. The Kier molecular flexibility index (Phi) is 5.27. The average Bonchev–Trinajstić information content (AvgIpc) is 2.31. The van der Waals surface area contributed by atoms with Crippen LogP contribution in [0.5, 0.6) is 0 Å². The number of anilines is 2. The van der Waals surface area contributed by atoms with Crippen molar-refractivity contribution in [3.8, 4) is 0 Å². The number of nitrogens with one attached hydrogen (secondary N) is 2. The van der Waals surface area contributed by atoms with Crippen molar-refractivity contribution in [3.05, 3.63) is 17.7 Å². The lowest BCUT2D eigenvalue weighted by Gasteiger charge is -2.22. The van der Waals surface area contributed by atoms with Gasteiger partial charge in [0.05, 0.1) is 0 Å². The Hall–Kier alpha value is -1.43. The molecule has 1 heterocycles. The summed E-state index contributed by atoms with van der Waals surface area (Å²) < 4.78 is 26.8. The van der Waals surface area contributed by atoms with Gasteiger partial charge in [0.15, 0.2) is 23.3 Å². The average molecular weight is 259 g/mol. The molecule has 0 aromatic carbocycles. The van der Waals surface area contributed by atoms with E-state index in [4.69, 9.17) is 5.11 Å². The minimum Gasteiger partial charge on any atom is -0.396 e. The number of hydrogen-bond donors (Lipinski definition) is 3. The maximum Gasteiger partial charge on any atom is 0.168 e. The summed E-state index contributed by atoms with van der Waals surface area (Å²) in [6.45, 7) is 3.90. The van der Waals surface area contributed by atoms with Gasteiger partial charge >= 0.3 is 0 Å². The molecule has 0 aliphatic rings. The van der Waals surface area contributed by atoms with E-state index in [1.54, 1.807) is 0 Å². The first kappa shape index (κ1) is 14.6. The molecule has 0 aliphatic heterocycles. The van der Waals surface area contributed by atoms with E-state index in [0.717, 1.165) is 6.07 Å². The monoisotopic (exact) mass is 259 g/mol. The van der Waals surface area contributed by atoms with Gasteiger partial charge in [-0.05, 0) is 12.3 Å². The van der Waals surface area contributed by atoms with Crippen molar-refractivity contribution in [2.45, 2.75) is 26.3 Å². The quantitative estimate of drug-likeness (QED) is 0.733. The SMILES string of the molecule is CNc1nc(NC(CCO)C(C)C)c(F)cc1F. The topological polar surface area (TPSA) is 57.2 Å². The zero-order valence-electron chi connectivity index (χ0n) is 10.8. The van der Waals surface area contributed by atoms with Crippen LogP contribution in [0.2, 0.25) is 0 Å². The lowest BCUT2D eigenvalue weighted by Crippen LogP contribution is -2.28. The van der Waals surface area contributed by atoms with Gasteiger partial charge < -0.3 is 15.7 Å². The molecule has 6 heteroatoms. The molecule has 0 aliphatic carbocycles. The Morgan fingerprint density at radius 2 is 1.89 bits per heavy atom. The van der Waals surface area contributed by atoms with E-state index in [9.17, 15) is 8.78 Å². The van der Waals surface area contributed by atoms with Crippen LogP contribution in [0.3, 0.4) is 0 Å². The molecule has 3 N–H and O–H groups in total. The minimum absolute atomic E-state index is 0.00244. The van der Waals surface area contributed by atoms with Crippen molar-refractivity contribution in [2.24, 2.45) is 5.92 Å². The molecule has 1 unspecified atom stereocenters. The molecular formula is C12H19F2N3O. The highest BCUT2D eigenvalue weighted by Crippen LogP contribution is 2.21. The zero-order chi connectivity index (χ0) is 13.7. The smallest absolute Gasteiger partial charge is 0.168 e. The van der Waals surface area contributed by atoms with Gasteiger partial charge in [-0.15, -0.1) is 0 Å². The predicted molar refractivity (Wildman–Crippen MR) is 67.7 cm³/mol. The number of nitrogens with zero attached hydrogens (tertiary/aromatic N) is 1. The van der Waals surface area contributed by atoms with Gasteiger partial charge in [-0.1, -0.05) is 13.8 Å². The number of rotatable bonds is 6. The number of hydrogen-bond acceptors (Lipinski definition) is 4. The first-order valence-electron chi connectivity index (χ1n) is 5.90. The number of halogens is 2. The number of aromatic nitrogens is 1. The first-order chi connectivity index (χ1) is 8.49. The molecule has 1 aromatic heterocycles. The van der Waals surface area contributed by atoms with E-state index in [1.807, 2.05) is 13.8 Å². The summed E-state index contributed by atoms with van der Waals surface area (Å²) in [5.74, 6) is -1.29. The Balaban J connectivity index is 2.94. The fraction of sp³-hybridized carbons (Fsp3) is 0.583. The third-order valence-electron chi connectivity index (χ3n) is 2.73. The summed E-state index contributed by atoms with van der Waals surface area (Å²) in [7, 11) is 1.51. The van der Waals surface area contributed by atoms with Crippen LogP contribution >= 0.6 is 0 Å². The summed E-state index contributed by atoms with van der Waals surface area (Å²) in [5.41, 5.74) is 0. The van der Waals surface area contributed by atoms with Gasteiger partial charge in [0, 0.05) is 25.8 Å². The van der Waals surface area contributed by atoms with Crippen LogP contribution in [0.15, 0.2) is 6.07 Å². The maximum atomic E-state index is 13.6. The zero-order valence-corrected chi connectivity index (χ0v) is 10.8. The van der Waals surface area contributed by atoms with Crippen molar-refractivity contribution in [3.63, 3.8) is 0 Å². The van der Waals surface area contributed by atoms with Crippen molar-refractivity contribution in [2.75, 3.05) is 24.3 Å². The molecule has 102 valence electrons. The number of aliphatic hydroxyl groups excluding tert-OH is 1. The largest absolute Gasteiger partial charge is 0.396 e. The van der Waals surface area contributed by atoms with Gasteiger partial charge in [-0.3, -0.25) is 0 Å². The lowest BCUT2D eigenvalue weighted by molar-refractivity contribution is 0.267. The highest BCUT2D eigenvalue weighted by atomic mass is 19.1. The second-order valence-electron chi connectivity index (χ2n) is 4.41. The predicted octanol–water partition coefficient (Wildman–Crippen LogP) is 2.22. The third kappa shape index (κ3) is 3.53. The molecular weight excluding hydrogens is 240 g/mol. The van der Waals surface area contributed by atoms with E-state index < -0.39 is 11.6 Å². The van der Waals surface area contributed by atoms with E-state index in [2.05, 4.69) is 15.6 Å². The molecule has 0 spiro atoms. The van der Waals surface area contributed by atoms with Gasteiger partial charge in [0.2, 0.25) is 0 Å². The normalized spacial score (nSPS) is 12.6. The summed E-state index contributed by atoms with van der Waals surface area (Å²) in [4.78, 5) is 3.84. The van der Waals surface area contributed by atoms with Crippen LogP contribution in [0.1, 0.15) is 20.3 Å². The fourth-order valence-corrected chi connectivity index (χ4v) is 1.63. The van der Waals surface area contributed by atoms with Gasteiger partial charge in [0.25, 0.3) is 0 Å². The second kappa shape index (κ2) is 6.49. The Labute approximate surface area is 105 Å². The van der Waals surface area contributed by atoms with Gasteiger partial charge in [0.1, 0.15) is 0 Å². The fourth-order valence-electron chi connectivity index (χ4n) is 1.63. The molecule has 1 atom stereocenters. The van der Waals surface area contributed by atoms with Crippen molar-refractivity contribution >= 4 is 11.6 Å². The molecule has 4 nitrogen and oxygen atoms in total. The van der Waals surface area contributed by atoms with Gasteiger partial charge in [-0.2, -0.15) is 0 Å². The van der Waals surface area contributed by atoms with Crippen LogP contribution in [-0.2, 0) is 0 Å². The highest BCUT2D eigenvalue weighted by Gasteiger charge is 2.17. The van der Waals surface area contributed by atoms with E-state index in [1.165, 1.54) is 7.05 Å². The minimum atomic E-state index is -0.741. The first-order valence-corrected chi connectivity index (χ1v) is 5.90. The molecule has 0 fully saturated rings. The Bertz CT molecular complexity index is 399. The second-order valence-corrected chi connectivity index (χ2v) is 4.41. The molecule has 0 amide bonds. The molecule has 18 heavy (non-hydrogen) atoms. The summed E-state index contributed by atoms with van der Waals surface area (Å²) in [6, 6.07) is 0.671. The van der Waals surface area contributed by atoms with Crippen LogP contribution in [0, 0.1) is 17.6 Å². The standard InChI is InChI=1S/C12H19F2N3O/c1-7(2)10(4-5-18)16-12-9(14)6-8(13)11(15-3)17-12/h6-7,10,18H,4-5H2,1-3H3,(H2,15,16,17).